The quantitative estimate of drug-likeness (QED) is 0.432. The van der Waals surface area contributed by atoms with E-state index < -0.39 is 16.9 Å². The molecule has 1 atom stereocenters. The van der Waals surface area contributed by atoms with Gasteiger partial charge in [0.25, 0.3) is 5.69 Å². The number of rotatable bonds is 7. The van der Waals surface area contributed by atoms with Gasteiger partial charge in [0.1, 0.15) is 5.82 Å². The Bertz CT molecular complexity index is 962. The smallest absolute Gasteiger partial charge is 0.338 e. The van der Waals surface area contributed by atoms with E-state index >= 15 is 0 Å². The molecule has 1 N–H and O–H groups in total. The van der Waals surface area contributed by atoms with Crippen LogP contribution in [0, 0.1) is 10.1 Å². The fraction of sp³-hybridized carbons (Fsp3) is 0.400. The van der Waals surface area contributed by atoms with Crippen molar-refractivity contribution in [1.29, 1.82) is 0 Å². The van der Waals surface area contributed by atoms with Gasteiger partial charge in [0, 0.05) is 30.9 Å². The third-order valence-corrected chi connectivity index (χ3v) is 4.99. The Kier molecular flexibility index (Phi) is 5.86. The van der Waals surface area contributed by atoms with Gasteiger partial charge < -0.3 is 15.0 Å². The summed E-state index contributed by atoms with van der Waals surface area (Å²) in [7, 11) is 0. The summed E-state index contributed by atoms with van der Waals surface area (Å²) in [5.41, 5.74) is 1.61. The molecule has 0 saturated heterocycles. The van der Waals surface area contributed by atoms with Crippen LogP contribution in [0.5, 0.6) is 0 Å². The molecule has 1 aromatic carbocycles. The molecule has 1 aromatic heterocycles. The Morgan fingerprint density at radius 3 is 2.69 bits per heavy atom. The molecular formula is C20H25N5O4. The minimum Gasteiger partial charge on any atom is -0.463 e. The lowest BCUT2D eigenvalue weighted by Crippen LogP contribution is -2.32. The molecule has 9 nitrogen and oxygen atoms in total. The number of ether oxygens (including phenoxy) is 1. The predicted octanol–water partition coefficient (Wildman–Crippen LogP) is 3.49. The summed E-state index contributed by atoms with van der Waals surface area (Å²) in [4.78, 5) is 30.4. The molecule has 0 fully saturated rings. The van der Waals surface area contributed by atoms with Crippen molar-refractivity contribution < 1.29 is 14.5 Å². The number of esters is 1. The number of carbonyl (C=O) groups excluding carboxylic acids is 1. The molecule has 2 heterocycles. The van der Waals surface area contributed by atoms with Crippen LogP contribution in [0.4, 0.5) is 17.5 Å². The number of nitrogens with zero attached hydrogens (tertiary/aromatic N) is 4. The normalized spacial score (nSPS) is 15.5. The maximum atomic E-state index is 12.9. The van der Waals surface area contributed by atoms with Gasteiger partial charge in [-0.25, -0.2) is 9.78 Å². The van der Waals surface area contributed by atoms with Gasteiger partial charge >= 0.3 is 5.97 Å². The van der Waals surface area contributed by atoms with Crippen LogP contribution >= 0.6 is 0 Å². The van der Waals surface area contributed by atoms with Gasteiger partial charge in [-0.15, -0.1) is 0 Å². The Morgan fingerprint density at radius 1 is 1.34 bits per heavy atom. The number of non-ortho nitro benzene ring substituents is 1. The lowest BCUT2D eigenvalue weighted by atomic mass is 9.95. The molecule has 1 aliphatic rings. The number of imidazole rings is 1. The average molecular weight is 399 g/mol. The second-order valence-electron chi connectivity index (χ2n) is 6.62. The summed E-state index contributed by atoms with van der Waals surface area (Å²) < 4.78 is 7.22. The zero-order chi connectivity index (χ0) is 21.1. The molecule has 0 saturated carbocycles. The largest absolute Gasteiger partial charge is 0.463 e. The predicted molar refractivity (Wildman–Crippen MR) is 110 cm³/mol. The lowest BCUT2D eigenvalue weighted by molar-refractivity contribution is -0.384. The maximum absolute atomic E-state index is 12.9. The number of carbonyl (C=O) groups is 1. The van der Waals surface area contributed by atoms with E-state index in [1.54, 1.807) is 32.2 Å². The van der Waals surface area contributed by atoms with Gasteiger partial charge in [0.15, 0.2) is 0 Å². The van der Waals surface area contributed by atoms with Crippen molar-refractivity contribution in [2.75, 3.05) is 29.9 Å². The van der Waals surface area contributed by atoms with Crippen molar-refractivity contribution in [2.45, 2.75) is 33.7 Å². The first kappa shape index (κ1) is 20.4. The number of hydrogen-bond acceptors (Lipinski definition) is 7. The van der Waals surface area contributed by atoms with Gasteiger partial charge in [-0.3, -0.25) is 14.7 Å². The van der Waals surface area contributed by atoms with E-state index in [1.807, 2.05) is 18.4 Å². The Balaban J connectivity index is 2.25. The number of allylic oxidation sites excluding steroid dienone is 1. The molecular weight excluding hydrogens is 374 g/mol. The number of anilines is 2. The van der Waals surface area contributed by atoms with Crippen LogP contribution in [0.2, 0.25) is 0 Å². The number of benzene rings is 1. The third kappa shape index (κ3) is 3.67. The molecule has 0 amide bonds. The average Bonchev–Trinajstić information content (AvgIpc) is 3.11. The molecule has 1 unspecified atom stereocenters. The van der Waals surface area contributed by atoms with E-state index in [2.05, 4.69) is 15.2 Å². The number of hydrogen-bond donors (Lipinski definition) is 1. The Morgan fingerprint density at radius 2 is 2.07 bits per heavy atom. The fourth-order valence-electron chi connectivity index (χ4n) is 3.65. The standard InChI is InChI=1S/C20H25N5O4/c1-5-23(6-2)16-12-21-20-22-13(4)17(19(26)29-7-3)18(24(16)20)14-9-8-10-15(11-14)25(27)28/h8-12,18H,5-7H2,1-4H3,(H,21,22). The van der Waals surface area contributed by atoms with Gasteiger partial charge in [-0.2, -0.15) is 0 Å². The SMILES string of the molecule is CCOC(=O)C1=C(C)Nc2ncc(N(CC)CC)n2C1c1cccc([N+](=O)[O-])c1. The summed E-state index contributed by atoms with van der Waals surface area (Å²) in [5, 5.41) is 14.5. The van der Waals surface area contributed by atoms with Crippen molar-refractivity contribution in [3.05, 3.63) is 57.4 Å². The summed E-state index contributed by atoms with van der Waals surface area (Å²) in [6.07, 6.45) is 1.75. The molecule has 1 aliphatic heterocycles. The summed E-state index contributed by atoms with van der Waals surface area (Å²) in [6, 6.07) is 5.75. The molecule has 3 rings (SSSR count). The van der Waals surface area contributed by atoms with E-state index in [0.717, 1.165) is 18.9 Å². The van der Waals surface area contributed by atoms with Crippen LogP contribution in [0.3, 0.4) is 0 Å². The molecule has 0 radical (unpaired) electrons. The van der Waals surface area contributed by atoms with Crippen LogP contribution in [0.15, 0.2) is 41.7 Å². The second kappa shape index (κ2) is 8.34. The van der Waals surface area contributed by atoms with Gasteiger partial charge in [-0.1, -0.05) is 12.1 Å². The van der Waals surface area contributed by atoms with Crippen LogP contribution in [-0.2, 0) is 9.53 Å². The zero-order valence-electron chi connectivity index (χ0n) is 17.0. The number of fused-ring (bicyclic) bond motifs is 1. The number of aromatic nitrogens is 2. The van der Waals surface area contributed by atoms with E-state index in [9.17, 15) is 14.9 Å². The van der Waals surface area contributed by atoms with Gasteiger partial charge in [-0.05, 0) is 33.3 Å². The highest BCUT2D eigenvalue weighted by Crippen LogP contribution is 2.40. The van der Waals surface area contributed by atoms with Crippen molar-refractivity contribution in [3.8, 4) is 0 Å². The number of nitro benzene ring substituents is 1. The first-order chi connectivity index (χ1) is 13.9. The molecule has 0 spiro atoms. The van der Waals surface area contributed by atoms with Crippen LogP contribution < -0.4 is 10.2 Å². The molecule has 0 aliphatic carbocycles. The minimum absolute atomic E-state index is 0.0343. The van der Waals surface area contributed by atoms with Gasteiger partial charge in [0.05, 0.1) is 29.3 Å². The molecule has 0 bridgehead atoms. The van der Waals surface area contributed by atoms with Gasteiger partial charge in [0.2, 0.25) is 5.95 Å². The van der Waals surface area contributed by atoms with Crippen LogP contribution in [0.25, 0.3) is 0 Å². The molecule has 154 valence electrons. The van der Waals surface area contributed by atoms with Crippen molar-refractivity contribution in [2.24, 2.45) is 0 Å². The first-order valence-electron chi connectivity index (χ1n) is 9.64. The topological polar surface area (TPSA) is 103 Å². The van der Waals surface area contributed by atoms with Crippen LogP contribution in [0.1, 0.15) is 39.3 Å². The summed E-state index contributed by atoms with van der Waals surface area (Å²) in [5.74, 6) is 0.941. The van der Waals surface area contributed by atoms with Crippen molar-refractivity contribution in [3.63, 3.8) is 0 Å². The molecule has 29 heavy (non-hydrogen) atoms. The highest BCUT2D eigenvalue weighted by molar-refractivity contribution is 5.92. The number of nitrogens with one attached hydrogen (secondary N) is 1. The summed E-state index contributed by atoms with van der Waals surface area (Å²) in [6.45, 7) is 9.34. The Labute approximate surface area is 169 Å². The van der Waals surface area contributed by atoms with E-state index in [4.69, 9.17) is 4.74 Å². The Hall–Kier alpha value is -3.36. The summed E-state index contributed by atoms with van der Waals surface area (Å²) >= 11 is 0. The first-order valence-corrected chi connectivity index (χ1v) is 9.64. The third-order valence-electron chi connectivity index (χ3n) is 4.99. The van der Waals surface area contributed by atoms with Crippen molar-refractivity contribution in [1.82, 2.24) is 9.55 Å². The molecule has 2 aromatic rings. The maximum Gasteiger partial charge on any atom is 0.338 e. The highest BCUT2D eigenvalue weighted by atomic mass is 16.6. The monoisotopic (exact) mass is 399 g/mol. The number of nitro groups is 1. The minimum atomic E-state index is -0.594. The molecule has 9 heteroatoms. The zero-order valence-corrected chi connectivity index (χ0v) is 17.0. The van der Waals surface area contributed by atoms with E-state index in [1.165, 1.54) is 12.1 Å². The fourth-order valence-corrected chi connectivity index (χ4v) is 3.65. The second-order valence-corrected chi connectivity index (χ2v) is 6.62. The highest BCUT2D eigenvalue weighted by Gasteiger charge is 2.36. The van der Waals surface area contributed by atoms with E-state index in [-0.39, 0.29) is 12.3 Å². The van der Waals surface area contributed by atoms with Crippen molar-refractivity contribution >= 4 is 23.4 Å². The van der Waals surface area contributed by atoms with E-state index in [0.29, 0.717) is 22.8 Å². The van der Waals surface area contributed by atoms with Crippen LogP contribution in [-0.4, -0.2) is 40.1 Å². The lowest BCUT2D eigenvalue weighted by Gasteiger charge is -2.33.